The van der Waals surface area contributed by atoms with Gasteiger partial charge >= 0.3 is 41.8 Å². The Morgan fingerprint density at radius 3 is 0.973 bits per heavy atom. The number of carbonyl (C=O) groups excluding carboxylic acids is 7. The molecule has 0 saturated heterocycles. The lowest BCUT2D eigenvalue weighted by atomic mass is 10.3. The van der Waals surface area contributed by atoms with Crippen LogP contribution in [0, 0.1) is 0 Å². The SMILES string of the molecule is CCOC(=O)[C@H](C)OC(=O)[C@H](C)OC(=O)[C@H](C)OC(=O)[C@H](C)OC(=O)[C@H](C)OC(=O)[C@H](C)OC(=O)CCl. The van der Waals surface area contributed by atoms with Gasteiger partial charge in [-0.2, -0.15) is 0 Å². The van der Waals surface area contributed by atoms with Gasteiger partial charge in [-0.05, 0) is 48.5 Å². The Labute approximate surface area is 218 Å². The van der Waals surface area contributed by atoms with Gasteiger partial charge < -0.3 is 33.2 Å². The van der Waals surface area contributed by atoms with E-state index in [9.17, 15) is 33.6 Å². The van der Waals surface area contributed by atoms with E-state index in [1.54, 1.807) is 6.92 Å². The monoisotopic (exact) mass is 554 g/mol. The van der Waals surface area contributed by atoms with E-state index in [4.69, 9.17) is 40.0 Å². The highest BCUT2D eigenvalue weighted by molar-refractivity contribution is 6.26. The van der Waals surface area contributed by atoms with Crippen molar-refractivity contribution >= 4 is 53.4 Å². The molecule has 0 heterocycles. The molecule has 0 aromatic rings. The van der Waals surface area contributed by atoms with Crippen molar-refractivity contribution in [3.05, 3.63) is 0 Å². The van der Waals surface area contributed by atoms with Gasteiger partial charge in [-0.25, -0.2) is 28.8 Å². The van der Waals surface area contributed by atoms with Gasteiger partial charge in [0.2, 0.25) is 0 Å². The summed E-state index contributed by atoms with van der Waals surface area (Å²) in [5.74, 6) is -7.63. The van der Waals surface area contributed by atoms with Gasteiger partial charge in [-0.1, -0.05) is 0 Å². The normalized spacial score (nSPS) is 15.4. The Kier molecular flexibility index (Phi) is 14.8. The average Bonchev–Trinajstić information content (AvgIpc) is 2.83. The summed E-state index contributed by atoms with van der Waals surface area (Å²) in [5.41, 5.74) is 0. The van der Waals surface area contributed by atoms with Crippen LogP contribution in [0.15, 0.2) is 0 Å². The lowest BCUT2D eigenvalue weighted by molar-refractivity contribution is -0.187. The summed E-state index contributed by atoms with van der Waals surface area (Å²) in [5, 5.41) is 0. The van der Waals surface area contributed by atoms with E-state index >= 15 is 0 Å². The van der Waals surface area contributed by atoms with Crippen molar-refractivity contribution in [1.29, 1.82) is 0 Å². The summed E-state index contributed by atoms with van der Waals surface area (Å²) in [4.78, 5) is 82.9. The zero-order valence-electron chi connectivity index (χ0n) is 21.5. The molecule has 0 aromatic heterocycles. The van der Waals surface area contributed by atoms with Gasteiger partial charge in [0.1, 0.15) is 5.88 Å². The molecule has 0 saturated carbocycles. The van der Waals surface area contributed by atoms with Crippen molar-refractivity contribution in [2.75, 3.05) is 12.5 Å². The van der Waals surface area contributed by atoms with Crippen LogP contribution in [0.3, 0.4) is 0 Å². The summed E-state index contributed by atoms with van der Waals surface area (Å²) in [6.07, 6.45) is -8.54. The molecule has 37 heavy (non-hydrogen) atoms. The first-order valence-corrected chi connectivity index (χ1v) is 11.6. The van der Waals surface area contributed by atoms with E-state index in [0.717, 1.165) is 20.8 Å². The van der Waals surface area contributed by atoms with Crippen LogP contribution >= 0.6 is 11.6 Å². The van der Waals surface area contributed by atoms with Crippen molar-refractivity contribution in [3.63, 3.8) is 0 Å². The standard InChI is InChI=1S/C22H31ClO14/c1-8-31-17(25)10(2)33-19(27)12(4)35-21(29)14(6)37-22(30)15(7)36-20(28)13(5)34-18(26)11(3)32-16(24)9-23/h10-15H,8-9H2,1-7H3/t10-,11-,12-,13-,14-,15-/m0/s1. The molecule has 15 heteroatoms. The lowest BCUT2D eigenvalue weighted by Gasteiger charge is -2.20. The predicted molar refractivity (Wildman–Crippen MR) is 121 cm³/mol. The van der Waals surface area contributed by atoms with E-state index in [1.165, 1.54) is 20.8 Å². The van der Waals surface area contributed by atoms with E-state index in [2.05, 4.69) is 4.74 Å². The van der Waals surface area contributed by atoms with Gasteiger partial charge in [-0.15, -0.1) is 11.6 Å². The number of rotatable bonds is 14. The fraction of sp³-hybridized carbons (Fsp3) is 0.682. The third kappa shape index (κ3) is 12.4. The summed E-state index contributed by atoms with van der Waals surface area (Å²) in [7, 11) is 0. The molecule has 14 nitrogen and oxygen atoms in total. The van der Waals surface area contributed by atoms with Gasteiger partial charge in [0, 0.05) is 0 Å². The molecule has 0 fully saturated rings. The van der Waals surface area contributed by atoms with Gasteiger partial charge in [0.25, 0.3) is 0 Å². The van der Waals surface area contributed by atoms with Crippen LogP contribution in [0.5, 0.6) is 0 Å². The molecule has 0 aromatic carbocycles. The van der Waals surface area contributed by atoms with Gasteiger partial charge in [-0.3, -0.25) is 4.79 Å². The van der Waals surface area contributed by atoms with Crippen LogP contribution in [0.2, 0.25) is 0 Å². The van der Waals surface area contributed by atoms with Crippen LogP contribution in [0.1, 0.15) is 48.5 Å². The first kappa shape index (κ1) is 33.6. The minimum absolute atomic E-state index is 0.0806. The summed E-state index contributed by atoms with van der Waals surface area (Å²) < 4.78 is 33.6. The quantitative estimate of drug-likeness (QED) is 0.163. The molecule has 0 N–H and O–H groups in total. The summed E-state index contributed by atoms with van der Waals surface area (Å²) >= 11 is 5.27. The fourth-order valence-electron chi connectivity index (χ4n) is 2.13. The van der Waals surface area contributed by atoms with E-state index in [1.807, 2.05) is 0 Å². The minimum Gasteiger partial charge on any atom is -0.463 e. The smallest absolute Gasteiger partial charge is 0.347 e. The molecule has 0 aliphatic heterocycles. The number of hydrogen-bond acceptors (Lipinski definition) is 14. The number of alkyl halides is 1. The second-order valence-electron chi connectivity index (χ2n) is 7.41. The van der Waals surface area contributed by atoms with Crippen LogP contribution in [0.25, 0.3) is 0 Å². The Morgan fingerprint density at radius 1 is 0.486 bits per heavy atom. The van der Waals surface area contributed by atoms with Gasteiger partial charge in [0.05, 0.1) is 6.61 Å². The second kappa shape index (κ2) is 16.3. The van der Waals surface area contributed by atoms with Crippen molar-refractivity contribution in [3.8, 4) is 0 Å². The molecular weight excluding hydrogens is 524 g/mol. The molecule has 0 amide bonds. The maximum atomic E-state index is 12.2. The van der Waals surface area contributed by atoms with Crippen molar-refractivity contribution in [1.82, 2.24) is 0 Å². The fourth-order valence-corrected chi connectivity index (χ4v) is 2.19. The highest BCUT2D eigenvalue weighted by Gasteiger charge is 2.32. The molecular formula is C22H31ClO14. The van der Waals surface area contributed by atoms with Crippen LogP contribution in [-0.2, 0) is 66.7 Å². The number of halogens is 1. The van der Waals surface area contributed by atoms with E-state index in [0.29, 0.717) is 0 Å². The third-order valence-corrected chi connectivity index (χ3v) is 4.38. The van der Waals surface area contributed by atoms with Crippen LogP contribution in [-0.4, -0.2) is 90.9 Å². The molecule has 0 rings (SSSR count). The first-order chi connectivity index (χ1) is 17.1. The van der Waals surface area contributed by atoms with Crippen LogP contribution < -0.4 is 0 Å². The Morgan fingerprint density at radius 2 is 0.730 bits per heavy atom. The number of ether oxygens (including phenoxy) is 7. The Balaban J connectivity index is 4.70. The molecule has 0 bridgehead atoms. The molecule has 0 radical (unpaired) electrons. The zero-order chi connectivity index (χ0) is 28.9. The van der Waals surface area contributed by atoms with Crippen molar-refractivity contribution in [2.45, 2.75) is 85.1 Å². The molecule has 0 aliphatic carbocycles. The molecule has 210 valence electrons. The van der Waals surface area contributed by atoms with E-state index < -0.39 is 84.3 Å². The number of esters is 7. The molecule has 6 atom stereocenters. The highest BCUT2D eigenvalue weighted by Crippen LogP contribution is 2.08. The van der Waals surface area contributed by atoms with E-state index in [-0.39, 0.29) is 6.61 Å². The predicted octanol–water partition coefficient (Wildman–Crippen LogP) is 0.379. The minimum atomic E-state index is -1.52. The average molecular weight is 555 g/mol. The van der Waals surface area contributed by atoms with Gasteiger partial charge in [0.15, 0.2) is 36.6 Å². The third-order valence-electron chi connectivity index (χ3n) is 4.16. The maximum absolute atomic E-state index is 12.2. The lowest BCUT2D eigenvalue weighted by Crippen LogP contribution is -2.39. The molecule has 0 aliphatic rings. The first-order valence-electron chi connectivity index (χ1n) is 11.1. The topological polar surface area (TPSA) is 184 Å². The summed E-state index contributed by atoms with van der Waals surface area (Å²) in [6.45, 7) is 8.73. The largest absolute Gasteiger partial charge is 0.463 e. The van der Waals surface area contributed by atoms with Crippen molar-refractivity contribution < 1.29 is 66.7 Å². The van der Waals surface area contributed by atoms with Crippen molar-refractivity contribution in [2.24, 2.45) is 0 Å². The summed E-state index contributed by atoms with van der Waals surface area (Å²) in [6, 6.07) is 0. The Bertz CT molecular complexity index is 856. The van der Waals surface area contributed by atoms with Crippen LogP contribution in [0.4, 0.5) is 0 Å². The number of carbonyl (C=O) groups is 7. The zero-order valence-corrected chi connectivity index (χ0v) is 22.2. The Hall–Kier alpha value is -3.42. The molecule has 0 spiro atoms. The maximum Gasteiger partial charge on any atom is 0.347 e. The number of hydrogen-bond donors (Lipinski definition) is 0. The highest BCUT2D eigenvalue weighted by atomic mass is 35.5. The molecule has 0 unspecified atom stereocenters. The second-order valence-corrected chi connectivity index (χ2v) is 7.68.